The molecule has 1 N–H and O–H groups in total. The smallest absolute Gasteiger partial charge is 0.0645 e. The molecule has 0 spiro atoms. The van der Waals surface area contributed by atoms with Crippen molar-refractivity contribution in [2.75, 3.05) is 19.8 Å². The van der Waals surface area contributed by atoms with Gasteiger partial charge in [0, 0.05) is 30.7 Å². The zero-order chi connectivity index (χ0) is 15.5. The summed E-state index contributed by atoms with van der Waals surface area (Å²) in [5.41, 5.74) is 3.02. The van der Waals surface area contributed by atoms with Gasteiger partial charge in [0.25, 0.3) is 0 Å². The van der Waals surface area contributed by atoms with E-state index in [0.29, 0.717) is 0 Å². The minimum atomic E-state index is 0.123. The maximum Gasteiger partial charge on any atom is 0.0645 e. The summed E-state index contributed by atoms with van der Waals surface area (Å²) in [5.74, 6) is 0. The second-order valence-corrected chi connectivity index (χ2v) is 7.71. The molecule has 1 aromatic carbocycles. The van der Waals surface area contributed by atoms with Crippen LogP contribution in [0.15, 0.2) is 24.3 Å². The Hall–Kier alpha value is -0.900. The van der Waals surface area contributed by atoms with Crippen molar-refractivity contribution in [1.82, 2.24) is 10.2 Å². The highest BCUT2D eigenvalue weighted by Gasteiger charge is 2.30. The number of hydrogen-bond acceptors (Lipinski definition) is 3. The molecule has 0 radical (unpaired) electrons. The molecule has 0 saturated carbocycles. The minimum absolute atomic E-state index is 0.123. The van der Waals surface area contributed by atoms with Gasteiger partial charge in [-0.25, -0.2) is 0 Å². The Morgan fingerprint density at radius 2 is 1.95 bits per heavy atom. The Morgan fingerprint density at radius 1 is 1.24 bits per heavy atom. The number of rotatable bonds is 4. The third-order valence-corrected chi connectivity index (χ3v) is 4.00. The molecular weight excluding hydrogens is 260 g/mol. The largest absolute Gasteiger partial charge is 0.378 e. The molecule has 0 atom stereocenters. The van der Waals surface area contributed by atoms with Gasteiger partial charge in [-0.2, -0.15) is 0 Å². The van der Waals surface area contributed by atoms with Crippen molar-refractivity contribution in [1.29, 1.82) is 0 Å². The van der Waals surface area contributed by atoms with Crippen molar-refractivity contribution in [3.63, 3.8) is 0 Å². The molecule has 2 rings (SSSR count). The molecule has 3 heteroatoms. The standard InChI is InChI=1S/C18H30N2O/c1-17(2,3)19-12-15-7-6-8-16(11-15)13-20-9-10-21-14-18(20,4)5/h6-8,11,19H,9-10,12-14H2,1-5H3. The SMILES string of the molecule is CC(C)(C)NCc1cccc(CN2CCOCC2(C)C)c1. The molecule has 0 amide bonds. The summed E-state index contributed by atoms with van der Waals surface area (Å²) in [6.45, 7) is 15.7. The van der Waals surface area contributed by atoms with E-state index in [2.05, 4.69) is 69.1 Å². The van der Waals surface area contributed by atoms with E-state index < -0.39 is 0 Å². The fourth-order valence-electron chi connectivity index (χ4n) is 2.61. The van der Waals surface area contributed by atoms with E-state index in [0.717, 1.165) is 32.8 Å². The predicted molar refractivity (Wildman–Crippen MR) is 88.3 cm³/mol. The summed E-state index contributed by atoms with van der Waals surface area (Å²) < 4.78 is 5.60. The lowest BCUT2D eigenvalue weighted by molar-refractivity contribution is -0.0552. The summed E-state index contributed by atoms with van der Waals surface area (Å²) in [7, 11) is 0. The topological polar surface area (TPSA) is 24.5 Å². The summed E-state index contributed by atoms with van der Waals surface area (Å²) in [5, 5.41) is 3.55. The van der Waals surface area contributed by atoms with Crippen molar-refractivity contribution in [3.05, 3.63) is 35.4 Å². The van der Waals surface area contributed by atoms with E-state index in [9.17, 15) is 0 Å². The summed E-state index contributed by atoms with van der Waals surface area (Å²) in [6, 6.07) is 8.92. The average molecular weight is 290 g/mol. The van der Waals surface area contributed by atoms with Gasteiger partial charge in [-0.3, -0.25) is 4.90 Å². The quantitative estimate of drug-likeness (QED) is 0.921. The Kier molecular flexibility index (Phi) is 5.07. The molecule has 3 nitrogen and oxygen atoms in total. The van der Waals surface area contributed by atoms with Gasteiger partial charge in [0.2, 0.25) is 0 Å². The first-order chi connectivity index (χ1) is 9.76. The number of hydrogen-bond donors (Lipinski definition) is 1. The number of morpholine rings is 1. The van der Waals surface area contributed by atoms with Crippen LogP contribution in [0.25, 0.3) is 0 Å². The Labute approximate surface area is 129 Å². The zero-order valence-electron chi connectivity index (χ0n) is 14.2. The lowest BCUT2D eigenvalue weighted by atomic mass is 10.0. The first kappa shape index (κ1) is 16.5. The second-order valence-electron chi connectivity index (χ2n) is 7.71. The molecule has 1 aliphatic rings. The fraction of sp³-hybridized carbons (Fsp3) is 0.667. The van der Waals surface area contributed by atoms with E-state index in [4.69, 9.17) is 4.74 Å². The predicted octanol–water partition coefficient (Wildman–Crippen LogP) is 3.19. The first-order valence-corrected chi connectivity index (χ1v) is 7.92. The number of ether oxygens (including phenoxy) is 1. The van der Waals surface area contributed by atoms with Crippen LogP contribution < -0.4 is 5.32 Å². The third-order valence-electron chi connectivity index (χ3n) is 4.00. The molecule has 21 heavy (non-hydrogen) atoms. The maximum absolute atomic E-state index is 5.60. The Balaban J connectivity index is 2.00. The van der Waals surface area contributed by atoms with E-state index in [-0.39, 0.29) is 11.1 Å². The highest BCUT2D eigenvalue weighted by molar-refractivity contribution is 5.24. The molecule has 0 bridgehead atoms. The minimum Gasteiger partial charge on any atom is -0.378 e. The zero-order valence-corrected chi connectivity index (χ0v) is 14.2. The van der Waals surface area contributed by atoms with Crippen molar-refractivity contribution >= 4 is 0 Å². The Bertz CT molecular complexity index is 463. The summed E-state index contributed by atoms with van der Waals surface area (Å²) >= 11 is 0. The molecule has 0 unspecified atom stereocenters. The normalized spacial score (nSPS) is 19.7. The van der Waals surface area contributed by atoms with Gasteiger partial charge in [-0.1, -0.05) is 24.3 Å². The monoisotopic (exact) mass is 290 g/mol. The second kappa shape index (κ2) is 6.47. The van der Waals surface area contributed by atoms with Crippen molar-refractivity contribution in [2.24, 2.45) is 0 Å². The van der Waals surface area contributed by atoms with Crippen LogP contribution in [-0.4, -0.2) is 35.7 Å². The molecule has 0 aliphatic carbocycles. The van der Waals surface area contributed by atoms with Crippen LogP contribution in [0.4, 0.5) is 0 Å². The van der Waals surface area contributed by atoms with Crippen molar-refractivity contribution < 1.29 is 4.74 Å². The van der Waals surface area contributed by atoms with Crippen molar-refractivity contribution in [2.45, 2.75) is 58.8 Å². The molecule has 1 fully saturated rings. The van der Waals surface area contributed by atoms with Gasteiger partial charge in [-0.15, -0.1) is 0 Å². The fourth-order valence-corrected chi connectivity index (χ4v) is 2.61. The highest BCUT2D eigenvalue weighted by atomic mass is 16.5. The molecule has 0 aromatic heterocycles. The van der Waals surface area contributed by atoms with Crippen LogP contribution in [-0.2, 0) is 17.8 Å². The van der Waals surface area contributed by atoms with Crippen LogP contribution >= 0.6 is 0 Å². The molecule has 1 saturated heterocycles. The number of nitrogens with one attached hydrogen (secondary N) is 1. The number of nitrogens with zero attached hydrogens (tertiary/aromatic N) is 1. The van der Waals surface area contributed by atoms with Crippen LogP contribution in [0.1, 0.15) is 45.7 Å². The lowest BCUT2D eigenvalue weighted by Gasteiger charge is -2.42. The number of benzene rings is 1. The van der Waals surface area contributed by atoms with Gasteiger partial charge >= 0.3 is 0 Å². The van der Waals surface area contributed by atoms with Gasteiger partial charge in [0.05, 0.1) is 13.2 Å². The van der Waals surface area contributed by atoms with Gasteiger partial charge < -0.3 is 10.1 Å². The van der Waals surface area contributed by atoms with Gasteiger partial charge in [0.15, 0.2) is 0 Å². The average Bonchev–Trinajstić information content (AvgIpc) is 2.39. The van der Waals surface area contributed by atoms with E-state index in [1.54, 1.807) is 0 Å². The summed E-state index contributed by atoms with van der Waals surface area (Å²) in [6.07, 6.45) is 0. The Morgan fingerprint density at radius 3 is 2.62 bits per heavy atom. The summed E-state index contributed by atoms with van der Waals surface area (Å²) in [4.78, 5) is 2.52. The first-order valence-electron chi connectivity index (χ1n) is 7.92. The van der Waals surface area contributed by atoms with Crippen LogP contribution in [0.3, 0.4) is 0 Å². The van der Waals surface area contributed by atoms with E-state index in [1.807, 2.05) is 0 Å². The van der Waals surface area contributed by atoms with Crippen LogP contribution in [0.5, 0.6) is 0 Å². The molecular formula is C18H30N2O. The molecule has 1 aliphatic heterocycles. The third kappa shape index (κ3) is 5.10. The van der Waals surface area contributed by atoms with Crippen molar-refractivity contribution in [3.8, 4) is 0 Å². The highest BCUT2D eigenvalue weighted by Crippen LogP contribution is 2.22. The molecule has 118 valence electrons. The molecule has 1 aromatic rings. The van der Waals surface area contributed by atoms with Gasteiger partial charge in [-0.05, 0) is 45.7 Å². The maximum atomic E-state index is 5.60. The van der Waals surface area contributed by atoms with E-state index >= 15 is 0 Å². The van der Waals surface area contributed by atoms with Crippen LogP contribution in [0, 0.1) is 0 Å². The van der Waals surface area contributed by atoms with Crippen LogP contribution in [0.2, 0.25) is 0 Å². The van der Waals surface area contributed by atoms with Gasteiger partial charge in [0.1, 0.15) is 0 Å². The lowest BCUT2D eigenvalue weighted by Crippen LogP contribution is -2.52. The van der Waals surface area contributed by atoms with E-state index in [1.165, 1.54) is 11.1 Å². The molecule has 1 heterocycles.